The van der Waals surface area contributed by atoms with Gasteiger partial charge in [0.1, 0.15) is 5.75 Å². The molecule has 0 fully saturated rings. The van der Waals surface area contributed by atoms with Crippen LogP contribution in [0.2, 0.25) is 0 Å². The number of carbonyl (C=O) groups excluding carboxylic acids is 1. The lowest BCUT2D eigenvalue weighted by Crippen LogP contribution is -2.30. The third-order valence-electron chi connectivity index (χ3n) is 4.25. The van der Waals surface area contributed by atoms with Gasteiger partial charge >= 0.3 is 0 Å². The Balaban J connectivity index is 2.06. The standard InChI is InChI=1S/C20H26N2O4S/c1-5-16-9-6-8-14(2)19(16)21-20(23)15(3)13-27(24,25)22-17-10-7-11-18(12-17)26-4/h6-12,15,22H,5,13H2,1-4H3,(H,21,23). The van der Waals surface area contributed by atoms with Crippen LogP contribution in [-0.2, 0) is 21.2 Å². The summed E-state index contributed by atoms with van der Waals surface area (Å²) in [6, 6.07) is 12.4. The molecular weight excluding hydrogens is 364 g/mol. The first-order chi connectivity index (χ1) is 12.8. The first-order valence-corrected chi connectivity index (χ1v) is 10.4. The van der Waals surface area contributed by atoms with E-state index in [4.69, 9.17) is 4.74 Å². The zero-order valence-corrected chi connectivity index (χ0v) is 16.9. The maximum absolute atomic E-state index is 12.5. The van der Waals surface area contributed by atoms with Crippen molar-refractivity contribution in [1.29, 1.82) is 0 Å². The van der Waals surface area contributed by atoms with Gasteiger partial charge in [-0.25, -0.2) is 8.42 Å². The Kier molecular flexibility index (Phi) is 6.85. The van der Waals surface area contributed by atoms with Crippen molar-refractivity contribution in [3.63, 3.8) is 0 Å². The third-order valence-corrected chi connectivity index (χ3v) is 5.73. The number of amides is 1. The van der Waals surface area contributed by atoms with Gasteiger partial charge < -0.3 is 10.1 Å². The lowest BCUT2D eigenvalue weighted by atomic mass is 10.0. The third kappa shape index (κ3) is 5.72. The number of hydrogen-bond acceptors (Lipinski definition) is 4. The molecule has 27 heavy (non-hydrogen) atoms. The summed E-state index contributed by atoms with van der Waals surface area (Å²) in [4.78, 5) is 12.5. The lowest BCUT2D eigenvalue weighted by molar-refractivity contribution is -0.118. The Morgan fingerprint density at radius 3 is 2.56 bits per heavy atom. The molecule has 0 radical (unpaired) electrons. The molecule has 2 aromatic carbocycles. The molecule has 2 rings (SSSR count). The van der Waals surface area contributed by atoms with Crippen molar-refractivity contribution < 1.29 is 17.9 Å². The molecule has 0 bridgehead atoms. The van der Waals surface area contributed by atoms with Crippen molar-refractivity contribution in [2.24, 2.45) is 5.92 Å². The van der Waals surface area contributed by atoms with Gasteiger partial charge in [0, 0.05) is 11.8 Å². The van der Waals surface area contributed by atoms with Crippen molar-refractivity contribution in [3.05, 3.63) is 53.6 Å². The molecule has 2 N–H and O–H groups in total. The first kappa shape index (κ1) is 20.8. The number of benzene rings is 2. The number of ether oxygens (including phenoxy) is 1. The summed E-state index contributed by atoms with van der Waals surface area (Å²) >= 11 is 0. The van der Waals surface area contributed by atoms with Gasteiger partial charge in [0.2, 0.25) is 15.9 Å². The van der Waals surface area contributed by atoms with Crippen molar-refractivity contribution in [3.8, 4) is 5.75 Å². The number of nitrogens with one attached hydrogen (secondary N) is 2. The predicted octanol–water partition coefficient (Wildman–Crippen LogP) is 3.58. The molecule has 146 valence electrons. The largest absolute Gasteiger partial charge is 0.497 e. The second-order valence-corrected chi connectivity index (χ2v) is 8.24. The van der Waals surface area contributed by atoms with Gasteiger partial charge in [-0.05, 0) is 36.6 Å². The van der Waals surface area contributed by atoms with E-state index in [2.05, 4.69) is 10.0 Å². The second-order valence-electron chi connectivity index (χ2n) is 6.47. The Hall–Kier alpha value is -2.54. The Labute approximate surface area is 161 Å². The normalized spacial score (nSPS) is 12.3. The van der Waals surface area contributed by atoms with E-state index < -0.39 is 15.9 Å². The minimum Gasteiger partial charge on any atom is -0.497 e. The summed E-state index contributed by atoms with van der Waals surface area (Å²) < 4.78 is 32.4. The molecule has 0 saturated carbocycles. The summed E-state index contributed by atoms with van der Waals surface area (Å²) in [5.74, 6) is -0.802. The van der Waals surface area contributed by atoms with Crippen LogP contribution in [-0.4, -0.2) is 27.2 Å². The van der Waals surface area contributed by atoms with Gasteiger partial charge in [-0.3, -0.25) is 9.52 Å². The van der Waals surface area contributed by atoms with E-state index in [1.165, 1.54) is 7.11 Å². The lowest BCUT2D eigenvalue weighted by Gasteiger charge is -2.17. The number of para-hydroxylation sites is 1. The topological polar surface area (TPSA) is 84.5 Å². The van der Waals surface area contributed by atoms with Crippen LogP contribution in [0.5, 0.6) is 5.75 Å². The van der Waals surface area contributed by atoms with Crippen LogP contribution in [0.1, 0.15) is 25.0 Å². The van der Waals surface area contributed by atoms with Crippen molar-refractivity contribution >= 4 is 27.3 Å². The average Bonchev–Trinajstić information content (AvgIpc) is 2.62. The molecule has 0 aliphatic carbocycles. The van der Waals surface area contributed by atoms with Crippen LogP contribution >= 0.6 is 0 Å². The monoisotopic (exact) mass is 390 g/mol. The highest BCUT2D eigenvalue weighted by Gasteiger charge is 2.23. The Bertz CT molecular complexity index is 910. The second kappa shape index (κ2) is 8.90. The summed E-state index contributed by atoms with van der Waals surface area (Å²) in [6.45, 7) is 5.53. The van der Waals surface area contributed by atoms with Crippen LogP contribution in [0.3, 0.4) is 0 Å². The van der Waals surface area contributed by atoms with Gasteiger partial charge in [-0.15, -0.1) is 0 Å². The molecule has 0 saturated heterocycles. The number of carbonyl (C=O) groups is 1. The van der Waals surface area contributed by atoms with Crippen molar-refractivity contribution in [1.82, 2.24) is 0 Å². The van der Waals surface area contributed by atoms with Crippen LogP contribution in [0, 0.1) is 12.8 Å². The smallest absolute Gasteiger partial charge is 0.233 e. The van der Waals surface area contributed by atoms with Crippen molar-refractivity contribution in [2.75, 3.05) is 22.9 Å². The Morgan fingerprint density at radius 1 is 1.19 bits per heavy atom. The van der Waals surface area contributed by atoms with E-state index in [1.807, 2.05) is 32.0 Å². The zero-order chi connectivity index (χ0) is 20.0. The molecule has 2 aromatic rings. The Morgan fingerprint density at radius 2 is 1.89 bits per heavy atom. The highest BCUT2D eigenvalue weighted by molar-refractivity contribution is 7.92. The molecule has 1 unspecified atom stereocenters. The molecule has 6 nitrogen and oxygen atoms in total. The summed E-state index contributed by atoms with van der Waals surface area (Å²) in [6.07, 6.45) is 0.779. The van der Waals surface area contributed by atoms with Gasteiger partial charge in [-0.1, -0.05) is 38.1 Å². The van der Waals surface area contributed by atoms with Crippen LogP contribution in [0.25, 0.3) is 0 Å². The highest BCUT2D eigenvalue weighted by atomic mass is 32.2. The molecule has 1 amide bonds. The van der Waals surface area contributed by atoms with E-state index >= 15 is 0 Å². The predicted molar refractivity (Wildman–Crippen MR) is 109 cm³/mol. The highest BCUT2D eigenvalue weighted by Crippen LogP contribution is 2.22. The van der Waals surface area contributed by atoms with E-state index in [0.717, 1.165) is 23.2 Å². The van der Waals surface area contributed by atoms with Gasteiger partial charge in [0.05, 0.1) is 24.5 Å². The maximum atomic E-state index is 12.5. The van der Waals surface area contributed by atoms with Gasteiger partial charge in [-0.2, -0.15) is 0 Å². The molecule has 0 aliphatic heterocycles. The van der Waals surface area contributed by atoms with E-state index in [1.54, 1.807) is 31.2 Å². The molecule has 0 spiro atoms. The fraction of sp³-hybridized carbons (Fsp3) is 0.350. The molecule has 7 heteroatoms. The number of hydrogen-bond donors (Lipinski definition) is 2. The fourth-order valence-electron chi connectivity index (χ4n) is 2.76. The summed E-state index contributed by atoms with van der Waals surface area (Å²) in [7, 11) is -2.18. The molecular formula is C20H26N2O4S. The summed E-state index contributed by atoms with van der Waals surface area (Å²) in [5, 5.41) is 2.88. The van der Waals surface area contributed by atoms with Crippen LogP contribution < -0.4 is 14.8 Å². The SMILES string of the molecule is CCc1cccc(C)c1NC(=O)C(C)CS(=O)(=O)Nc1cccc(OC)c1. The minimum absolute atomic E-state index is 0.316. The number of anilines is 2. The maximum Gasteiger partial charge on any atom is 0.233 e. The minimum atomic E-state index is -3.69. The van der Waals surface area contributed by atoms with Gasteiger partial charge in [0.25, 0.3) is 0 Å². The summed E-state index contributed by atoms with van der Waals surface area (Å²) in [5.41, 5.74) is 3.13. The van der Waals surface area contributed by atoms with Crippen molar-refractivity contribution in [2.45, 2.75) is 27.2 Å². The number of aryl methyl sites for hydroxylation is 2. The number of methoxy groups -OCH3 is 1. The number of rotatable bonds is 8. The quantitative estimate of drug-likeness (QED) is 0.721. The molecule has 1 atom stereocenters. The zero-order valence-electron chi connectivity index (χ0n) is 16.1. The molecule has 0 aromatic heterocycles. The van der Waals surface area contributed by atoms with E-state index in [0.29, 0.717) is 11.4 Å². The van der Waals surface area contributed by atoms with Crippen LogP contribution in [0.4, 0.5) is 11.4 Å². The first-order valence-electron chi connectivity index (χ1n) is 8.79. The van der Waals surface area contributed by atoms with Crippen LogP contribution in [0.15, 0.2) is 42.5 Å². The van der Waals surface area contributed by atoms with Gasteiger partial charge in [0.15, 0.2) is 0 Å². The average molecular weight is 391 g/mol. The van der Waals surface area contributed by atoms with E-state index in [-0.39, 0.29) is 11.7 Å². The van der Waals surface area contributed by atoms with E-state index in [9.17, 15) is 13.2 Å². The fourth-order valence-corrected chi connectivity index (χ4v) is 4.14. The number of sulfonamides is 1. The molecule has 0 heterocycles. The molecule has 0 aliphatic rings.